The minimum absolute atomic E-state index is 0.148. The molecule has 0 saturated carbocycles. The summed E-state index contributed by atoms with van der Waals surface area (Å²) in [6.07, 6.45) is -1.69. The predicted octanol–water partition coefficient (Wildman–Crippen LogP) is 2.06. The van der Waals surface area contributed by atoms with Gasteiger partial charge < -0.3 is 5.11 Å². The monoisotopic (exact) mass is 339 g/mol. The Hall–Kier alpha value is -1.45. The van der Waals surface area contributed by atoms with Crippen LogP contribution >= 0.6 is 0 Å². The molecule has 0 unspecified atom stereocenters. The lowest BCUT2D eigenvalue weighted by molar-refractivity contribution is -0.140. The van der Waals surface area contributed by atoms with Crippen LogP contribution in [0.3, 0.4) is 0 Å². The molecular weight excluding hydrogens is 326 g/mol. The Kier molecular flexibility index (Phi) is 4.59. The third kappa shape index (κ3) is 3.65. The molecule has 0 bridgehead atoms. The van der Waals surface area contributed by atoms with Crippen LogP contribution in [0.15, 0.2) is 35.2 Å². The first-order valence-electron chi connectivity index (χ1n) is 6.32. The lowest BCUT2D eigenvalue weighted by Gasteiger charge is -2.17. The van der Waals surface area contributed by atoms with Gasteiger partial charge in [0.05, 0.1) is 10.5 Å². The number of alkyl halides is 3. The lowest BCUT2D eigenvalue weighted by Crippen LogP contribution is -2.34. The van der Waals surface area contributed by atoms with E-state index < -0.39 is 38.5 Å². The Morgan fingerprint density at radius 2 is 1.95 bits per heavy atom. The summed E-state index contributed by atoms with van der Waals surface area (Å²) in [7, 11) is -4.48. The molecule has 1 aliphatic rings. The van der Waals surface area contributed by atoms with Gasteiger partial charge in [0.1, 0.15) is 5.82 Å². The number of aliphatic hydroxyl groups excluding tert-OH is 1. The normalized spacial score (nSPS) is 22.2. The largest absolute Gasteiger partial charge is 0.417 e. The van der Waals surface area contributed by atoms with Crippen molar-refractivity contribution in [1.82, 2.24) is 4.72 Å². The maximum absolute atomic E-state index is 13.0. The molecule has 0 fully saturated rings. The number of aliphatic hydroxyl groups is 1. The third-order valence-corrected chi connectivity index (χ3v) is 4.80. The van der Waals surface area contributed by atoms with Gasteiger partial charge in [-0.3, -0.25) is 0 Å². The first-order chi connectivity index (χ1) is 10.1. The lowest BCUT2D eigenvalue weighted by atomic mass is 10.1. The molecule has 0 heterocycles. The highest BCUT2D eigenvalue weighted by Gasteiger charge is 2.38. The van der Waals surface area contributed by atoms with Gasteiger partial charge >= 0.3 is 6.18 Å². The molecule has 1 aromatic carbocycles. The molecule has 2 rings (SSSR count). The maximum atomic E-state index is 13.0. The number of benzene rings is 1. The van der Waals surface area contributed by atoms with E-state index in [9.17, 15) is 26.0 Å². The fourth-order valence-corrected chi connectivity index (χ4v) is 3.63. The SMILES string of the molecule is O=S(=O)(N[C@@H]1C=C[C@H](CO)C1)c1ccc(F)cc1C(F)(F)F. The van der Waals surface area contributed by atoms with Crippen molar-refractivity contribution in [3.8, 4) is 0 Å². The van der Waals surface area contributed by atoms with Gasteiger partial charge in [0, 0.05) is 18.6 Å². The number of hydrogen-bond acceptors (Lipinski definition) is 3. The van der Waals surface area contributed by atoms with Crippen LogP contribution in [0.5, 0.6) is 0 Å². The molecule has 22 heavy (non-hydrogen) atoms. The van der Waals surface area contributed by atoms with Crippen LogP contribution in [-0.2, 0) is 16.2 Å². The van der Waals surface area contributed by atoms with Gasteiger partial charge in [-0.05, 0) is 24.6 Å². The van der Waals surface area contributed by atoms with Crippen molar-refractivity contribution in [2.75, 3.05) is 6.61 Å². The van der Waals surface area contributed by atoms with Crippen molar-refractivity contribution in [3.05, 3.63) is 41.7 Å². The number of nitrogens with one attached hydrogen (secondary N) is 1. The molecule has 122 valence electrons. The Labute approximate surface area is 124 Å². The number of halogens is 4. The summed E-state index contributed by atoms with van der Waals surface area (Å²) in [5.74, 6) is -1.42. The summed E-state index contributed by atoms with van der Waals surface area (Å²) in [6, 6.07) is 0.677. The average Bonchev–Trinajstić information content (AvgIpc) is 2.84. The molecule has 1 aromatic rings. The van der Waals surface area contributed by atoms with Crippen molar-refractivity contribution in [2.45, 2.75) is 23.5 Å². The van der Waals surface area contributed by atoms with Gasteiger partial charge in [-0.1, -0.05) is 12.2 Å². The fraction of sp³-hybridized carbons (Fsp3) is 0.385. The Bertz CT molecular complexity index is 685. The van der Waals surface area contributed by atoms with Gasteiger partial charge in [-0.15, -0.1) is 0 Å². The summed E-state index contributed by atoms with van der Waals surface area (Å²) in [5.41, 5.74) is -1.55. The Morgan fingerprint density at radius 1 is 1.27 bits per heavy atom. The molecule has 0 aliphatic heterocycles. The second-order valence-corrected chi connectivity index (χ2v) is 6.61. The van der Waals surface area contributed by atoms with Crippen LogP contribution in [0.25, 0.3) is 0 Å². The van der Waals surface area contributed by atoms with Gasteiger partial charge in [0.25, 0.3) is 0 Å². The van der Waals surface area contributed by atoms with Crippen molar-refractivity contribution >= 4 is 10.0 Å². The number of rotatable bonds is 4. The smallest absolute Gasteiger partial charge is 0.396 e. The Morgan fingerprint density at radius 3 is 2.50 bits per heavy atom. The van der Waals surface area contributed by atoms with Crippen LogP contribution in [0.1, 0.15) is 12.0 Å². The molecule has 9 heteroatoms. The third-order valence-electron chi connectivity index (χ3n) is 3.25. The first kappa shape index (κ1) is 16.9. The van der Waals surface area contributed by atoms with E-state index in [1.54, 1.807) is 6.08 Å². The molecule has 0 aromatic heterocycles. The molecule has 2 N–H and O–H groups in total. The van der Waals surface area contributed by atoms with Crippen LogP contribution in [0, 0.1) is 11.7 Å². The highest BCUT2D eigenvalue weighted by Crippen LogP contribution is 2.35. The van der Waals surface area contributed by atoms with Crippen molar-refractivity contribution in [3.63, 3.8) is 0 Å². The molecule has 0 radical (unpaired) electrons. The summed E-state index contributed by atoms with van der Waals surface area (Å²) in [4.78, 5) is -1.03. The molecule has 2 atom stereocenters. The Balaban J connectivity index is 2.33. The first-order valence-corrected chi connectivity index (χ1v) is 7.80. The minimum Gasteiger partial charge on any atom is -0.396 e. The predicted molar refractivity (Wildman–Crippen MR) is 69.8 cm³/mol. The van der Waals surface area contributed by atoms with Crippen molar-refractivity contribution < 1.29 is 31.1 Å². The quantitative estimate of drug-likeness (QED) is 0.652. The average molecular weight is 339 g/mol. The fourth-order valence-electron chi connectivity index (χ4n) is 2.22. The maximum Gasteiger partial charge on any atom is 0.417 e. The van der Waals surface area contributed by atoms with Gasteiger partial charge in [0.2, 0.25) is 10.0 Å². The number of sulfonamides is 1. The topological polar surface area (TPSA) is 66.4 Å². The zero-order valence-electron chi connectivity index (χ0n) is 11.1. The number of hydrogen-bond donors (Lipinski definition) is 2. The summed E-state index contributed by atoms with van der Waals surface area (Å²) >= 11 is 0. The zero-order valence-corrected chi connectivity index (χ0v) is 12.0. The van der Waals surface area contributed by atoms with Gasteiger partial charge in [0.15, 0.2) is 0 Å². The van der Waals surface area contributed by atoms with Gasteiger partial charge in [-0.2, -0.15) is 13.2 Å². The second-order valence-electron chi connectivity index (χ2n) is 4.93. The van der Waals surface area contributed by atoms with Crippen molar-refractivity contribution in [2.24, 2.45) is 5.92 Å². The molecule has 0 saturated heterocycles. The molecule has 0 spiro atoms. The summed E-state index contributed by atoms with van der Waals surface area (Å²) in [6.45, 7) is -0.181. The minimum atomic E-state index is -4.99. The van der Waals surface area contributed by atoms with Crippen LogP contribution in [0.4, 0.5) is 17.6 Å². The van der Waals surface area contributed by atoms with Crippen LogP contribution in [0.2, 0.25) is 0 Å². The van der Waals surface area contributed by atoms with Crippen LogP contribution < -0.4 is 4.72 Å². The molecule has 1 aliphatic carbocycles. The standard InChI is InChI=1S/C13H13F4NO3S/c14-9-2-4-12(11(6-9)13(15,16)17)22(20,21)18-10-3-1-8(5-10)7-19/h1-4,6,8,10,18-19H,5,7H2/t8-,10+/m0/s1. The molecular formula is C13H13F4NO3S. The van der Waals surface area contributed by atoms with Crippen LogP contribution in [-0.4, -0.2) is 26.2 Å². The zero-order chi connectivity index (χ0) is 16.5. The second kappa shape index (κ2) is 5.98. The van der Waals surface area contributed by atoms with E-state index in [4.69, 9.17) is 5.11 Å². The highest BCUT2D eigenvalue weighted by molar-refractivity contribution is 7.89. The van der Waals surface area contributed by atoms with Crippen molar-refractivity contribution in [1.29, 1.82) is 0 Å². The van der Waals surface area contributed by atoms with E-state index >= 15 is 0 Å². The van der Waals surface area contributed by atoms with Gasteiger partial charge in [-0.25, -0.2) is 17.5 Å². The van der Waals surface area contributed by atoms with E-state index in [0.717, 1.165) is 0 Å². The van der Waals surface area contributed by atoms with E-state index in [1.165, 1.54) is 6.08 Å². The summed E-state index contributed by atoms with van der Waals surface area (Å²) < 4.78 is 78.0. The molecule has 4 nitrogen and oxygen atoms in total. The van der Waals surface area contributed by atoms with E-state index in [1.807, 2.05) is 0 Å². The van der Waals surface area contributed by atoms with E-state index in [0.29, 0.717) is 12.1 Å². The summed E-state index contributed by atoms with van der Waals surface area (Å²) in [5, 5.41) is 8.96. The van der Waals surface area contributed by atoms with E-state index in [2.05, 4.69) is 4.72 Å². The highest BCUT2D eigenvalue weighted by atomic mass is 32.2. The van der Waals surface area contributed by atoms with E-state index in [-0.39, 0.29) is 25.0 Å². The molecule has 0 amide bonds.